The fourth-order valence-corrected chi connectivity index (χ4v) is 2.73. The number of rotatable bonds is 5. The van der Waals surface area contributed by atoms with E-state index in [0.717, 1.165) is 29.9 Å². The zero-order valence-electron chi connectivity index (χ0n) is 13.0. The molecule has 0 spiro atoms. The average Bonchev–Trinajstić information content (AvgIpc) is 2.96. The molecule has 3 aromatic rings. The number of benzene rings is 2. The molecule has 4 heteroatoms. The van der Waals surface area contributed by atoms with Gasteiger partial charge in [0.1, 0.15) is 11.6 Å². The standard InChI is InChI=1S/C18H21N3O/c1-3-21(12-14-7-5-4-6-8-14)13(2)18-19-16-10-9-15(22)11-17(16)20-18/h4-11,13,22H,3,12H2,1-2H3,(H,19,20). The van der Waals surface area contributed by atoms with Crippen molar-refractivity contribution in [2.45, 2.75) is 26.4 Å². The number of nitrogens with zero attached hydrogens (tertiary/aromatic N) is 2. The maximum absolute atomic E-state index is 9.57. The van der Waals surface area contributed by atoms with Crippen LogP contribution in [0.15, 0.2) is 48.5 Å². The average molecular weight is 295 g/mol. The molecule has 0 saturated heterocycles. The first kappa shape index (κ1) is 14.6. The molecule has 0 amide bonds. The van der Waals surface area contributed by atoms with Gasteiger partial charge >= 0.3 is 0 Å². The number of aromatic hydroxyl groups is 1. The number of fused-ring (bicyclic) bond motifs is 1. The van der Waals surface area contributed by atoms with Crippen molar-refractivity contribution >= 4 is 11.0 Å². The summed E-state index contributed by atoms with van der Waals surface area (Å²) in [7, 11) is 0. The fraction of sp³-hybridized carbons (Fsp3) is 0.278. The Hall–Kier alpha value is -2.33. The van der Waals surface area contributed by atoms with Crippen LogP contribution in [0.5, 0.6) is 5.75 Å². The van der Waals surface area contributed by atoms with E-state index < -0.39 is 0 Å². The Kier molecular flexibility index (Phi) is 4.11. The maximum atomic E-state index is 9.57. The molecule has 0 aliphatic carbocycles. The SMILES string of the molecule is CCN(Cc1ccccc1)C(C)c1nc2ccc(O)cc2[nH]1. The molecule has 1 aromatic heterocycles. The molecule has 0 radical (unpaired) electrons. The van der Waals surface area contributed by atoms with Gasteiger partial charge in [0.25, 0.3) is 0 Å². The van der Waals surface area contributed by atoms with E-state index in [2.05, 4.69) is 53.0 Å². The van der Waals surface area contributed by atoms with Crippen molar-refractivity contribution in [3.63, 3.8) is 0 Å². The van der Waals surface area contributed by atoms with Gasteiger partial charge in [-0.05, 0) is 31.2 Å². The van der Waals surface area contributed by atoms with Gasteiger partial charge in [-0.1, -0.05) is 37.3 Å². The van der Waals surface area contributed by atoms with Gasteiger partial charge in [0.15, 0.2) is 0 Å². The summed E-state index contributed by atoms with van der Waals surface area (Å²) in [5.41, 5.74) is 3.05. The van der Waals surface area contributed by atoms with Gasteiger partial charge < -0.3 is 10.1 Å². The molecule has 0 aliphatic rings. The van der Waals surface area contributed by atoms with Crippen molar-refractivity contribution in [3.8, 4) is 5.75 Å². The topological polar surface area (TPSA) is 52.1 Å². The molecule has 0 aliphatic heterocycles. The van der Waals surface area contributed by atoms with E-state index in [0.29, 0.717) is 0 Å². The van der Waals surface area contributed by atoms with Crippen LogP contribution in [0.25, 0.3) is 11.0 Å². The number of imidazole rings is 1. The Morgan fingerprint density at radius 3 is 2.68 bits per heavy atom. The van der Waals surface area contributed by atoms with E-state index in [9.17, 15) is 5.11 Å². The van der Waals surface area contributed by atoms with Crippen LogP contribution in [0.3, 0.4) is 0 Å². The van der Waals surface area contributed by atoms with E-state index in [1.165, 1.54) is 5.56 Å². The summed E-state index contributed by atoms with van der Waals surface area (Å²) in [6, 6.07) is 15.9. The first-order chi connectivity index (χ1) is 10.7. The summed E-state index contributed by atoms with van der Waals surface area (Å²) in [6.45, 7) is 6.15. The molecule has 114 valence electrons. The highest BCUT2D eigenvalue weighted by atomic mass is 16.3. The number of nitrogens with one attached hydrogen (secondary N) is 1. The molecule has 22 heavy (non-hydrogen) atoms. The zero-order chi connectivity index (χ0) is 15.5. The zero-order valence-corrected chi connectivity index (χ0v) is 13.0. The molecule has 1 unspecified atom stereocenters. The number of H-pyrrole nitrogens is 1. The van der Waals surface area contributed by atoms with E-state index >= 15 is 0 Å². The third-order valence-corrected chi connectivity index (χ3v) is 4.06. The van der Waals surface area contributed by atoms with Crippen molar-refractivity contribution in [2.24, 2.45) is 0 Å². The quantitative estimate of drug-likeness (QED) is 0.751. The Morgan fingerprint density at radius 1 is 1.18 bits per heavy atom. The van der Waals surface area contributed by atoms with Crippen molar-refractivity contribution in [1.82, 2.24) is 14.9 Å². The number of aromatic amines is 1. The maximum Gasteiger partial charge on any atom is 0.124 e. The monoisotopic (exact) mass is 295 g/mol. The number of hydrogen-bond donors (Lipinski definition) is 2. The number of phenols is 1. The van der Waals surface area contributed by atoms with Crippen LogP contribution in [0.1, 0.15) is 31.3 Å². The van der Waals surface area contributed by atoms with Crippen molar-refractivity contribution < 1.29 is 5.11 Å². The molecular formula is C18H21N3O. The summed E-state index contributed by atoms with van der Waals surface area (Å²) in [6.07, 6.45) is 0. The van der Waals surface area contributed by atoms with Gasteiger partial charge in [-0.25, -0.2) is 4.98 Å². The smallest absolute Gasteiger partial charge is 0.124 e. The van der Waals surface area contributed by atoms with E-state index in [1.54, 1.807) is 12.1 Å². The van der Waals surface area contributed by atoms with Crippen LogP contribution in [0, 0.1) is 0 Å². The lowest BCUT2D eigenvalue weighted by Crippen LogP contribution is -2.27. The van der Waals surface area contributed by atoms with E-state index in [-0.39, 0.29) is 11.8 Å². The van der Waals surface area contributed by atoms with E-state index in [1.807, 2.05) is 12.1 Å². The molecule has 2 N–H and O–H groups in total. The van der Waals surface area contributed by atoms with Crippen LogP contribution in [0.4, 0.5) is 0 Å². The lowest BCUT2D eigenvalue weighted by Gasteiger charge is -2.26. The van der Waals surface area contributed by atoms with Gasteiger partial charge in [0, 0.05) is 12.6 Å². The third kappa shape index (κ3) is 2.97. The van der Waals surface area contributed by atoms with Crippen molar-refractivity contribution in [2.75, 3.05) is 6.54 Å². The lowest BCUT2D eigenvalue weighted by molar-refractivity contribution is 0.206. The summed E-state index contributed by atoms with van der Waals surface area (Å²) >= 11 is 0. The molecule has 0 bridgehead atoms. The normalized spacial score (nSPS) is 12.9. The lowest BCUT2D eigenvalue weighted by atomic mass is 10.2. The second kappa shape index (κ2) is 6.20. The number of aromatic nitrogens is 2. The molecule has 4 nitrogen and oxygen atoms in total. The van der Waals surface area contributed by atoms with E-state index in [4.69, 9.17) is 0 Å². The largest absolute Gasteiger partial charge is 0.508 e. The number of hydrogen-bond acceptors (Lipinski definition) is 3. The predicted molar refractivity (Wildman–Crippen MR) is 88.7 cm³/mol. The highest BCUT2D eigenvalue weighted by Crippen LogP contribution is 2.24. The number of phenolic OH excluding ortho intramolecular Hbond substituents is 1. The summed E-state index contributed by atoms with van der Waals surface area (Å²) in [5, 5.41) is 9.57. The highest BCUT2D eigenvalue weighted by Gasteiger charge is 2.18. The summed E-state index contributed by atoms with van der Waals surface area (Å²) in [4.78, 5) is 10.3. The van der Waals surface area contributed by atoms with Gasteiger partial charge in [0.2, 0.25) is 0 Å². The third-order valence-electron chi connectivity index (χ3n) is 4.06. The molecular weight excluding hydrogens is 274 g/mol. The summed E-state index contributed by atoms with van der Waals surface area (Å²) < 4.78 is 0. The minimum absolute atomic E-state index is 0.180. The van der Waals surface area contributed by atoms with Gasteiger partial charge in [-0.2, -0.15) is 0 Å². The van der Waals surface area contributed by atoms with Gasteiger partial charge in [-0.15, -0.1) is 0 Å². The summed E-state index contributed by atoms with van der Waals surface area (Å²) in [5.74, 6) is 1.19. The second-order valence-corrected chi connectivity index (χ2v) is 5.55. The molecule has 3 rings (SSSR count). The van der Waals surface area contributed by atoms with Gasteiger partial charge in [-0.3, -0.25) is 4.90 Å². The fourth-order valence-electron chi connectivity index (χ4n) is 2.73. The molecule has 1 atom stereocenters. The van der Waals surface area contributed by atoms with Crippen LogP contribution < -0.4 is 0 Å². The van der Waals surface area contributed by atoms with Crippen LogP contribution >= 0.6 is 0 Å². The molecule has 0 fully saturated rings. The Morgan fingerprint density at radius 2 is 1.95 bits per heavy atom. The minimum atomic E-state index is 0.180. The predicted octanol–water partition coefficient (Wildman–Crippen LogP) is 3.85. The molecule has 0 saturated carbocycles. The Balaban J connectivity index is 1.84. The van der Waals surface area contributed by atoms with Gasteiger partial charge in [0.05, 0.1) is 17.1 Å². The molecule has 2 aromatic carbocycles. The van der Waals surface area contributed by atoms with Crippen molar-refractivity contribution in [1.29, 1.82) is 0 Å². The van der Waals surface area contributed by atoms with Crippen LogP contribution in [0.2, 0.25) is 0 Å². The van der Waals surface area contributed by atoms with Crippen LogP contribution in [-0.2, 0) is 6.54 Å². The first-order valence-corrected chi connectivity index (χ1v) is 7.64. The highest BCUT2D eigenvalue weighted by molar-refractivity contribution is 5.76. The Bertz CT molecular complexity index is 751. The Labute approximate surface area is 130 Å². The minimum Gasteiger partial charge on any atom is -0.508 e. The molecule has 1 heterocycles. The first-order valence-electron chi connectivity index (χ1n) is 7.64. The van der Waals surface area contributed by atoms with Crippen molar-refractivity contribution in [3.05, 3.63) is 59.9 Å². The second-order valence-electron chi connectivity index (χ2n) is 5.55. The van der Waals surface area contributed by atoms with Crippen LogP contribution in [-0.4, -0.2) is 26.5 Å².